The van der Waals surface area contributed by atoms with Crippen molar-refractivity contribution in [3.05, 3.63) is 60.9 Å². The van der Waals surface area contributed by atoms with Crippen LogP contribution in [0.25, 0.3) is 32.9 Å². The number of nitrogens with one attached hydrogen (secondary N) is 2. The van der Waals surface area contributed by atoms with Crippen LogP contribution in [0.5, 0.6) is 0 Å². The van der Waals surface area contributed by atoms with Crippen LogP contribution in [0.3, 0.4) is 0 Å². The third-order valence-corrected chi connectivity index (χ3v) is 3.44. The van der Waals surface area contributed by atoms with E-state index in [1.807, 2.05) is 26.2 Å². The summed E-state index contributed by atoms with van der Waals surface area (Å²) in [5.41, 5.74) is 4.87. The van der Waals surface area contributed by atoms with Crippen molar-refractivity contribution in [2.75, 3.05) is 0 Å². The predicted molar refractivity (Wildman–Crippen MR) is 86.9 cm³/mol. The summed E-state index contributed by atoms with van der Waals surface area (Å²) in [5, 5.41) is 2.50. The minimum absolute atomic E-state index is 1.18. The fourth-order valence-corrected chi connectivity index (χ4v) is 2.47. The molecule has 2 heterocycles. The molecule has 0 radical (unpaired) electrons. The zero-order chi connectivity index (χ0) is 13.9. The molecule has 100 valence electrons. The van der Waals surface area contributed by atoms with Crippen molar-refractivity contribution in [3.8, 4) is 11.1 Å². The molecule has 2 heteroatoms. The number of rotatable bonds is 1. The third kappa shape index (κ3) is 2.10. The highest BCUT2D eigenvalue weighted by Gasteiger charge is 2.02. The Morgan fingerprint density at radius 3 is 1.50 bits per heavy atom. The third-order valence-electron chi connectivity index (χ3n) is 3.44. The van der Waals surface area contributed by atoms with Gasteiger partial charge in [0.2, 0.25) is 0 Å². The molecule has 0 atom stereocenters. The van der Waals surface area contributed by atoms with Gasteiger partial charge in [-0.1, -0.05) is 26.0 Å². The Kier molecular flexibility index (Phi) is 3.30. The average molecular weight is 262 g/mol. The molecule has 0 aliphatic heterocycles. The zero-order valence-corrected chi connectivity index (χ0v) is 11.8. The van der Waals surface area contributed by atoms with Crippen LogP contribution in [0.4, 0.5) is 0 Å². The molecule has 0 aliphatic carbocycles. The molecule has 2 aromatic heterocycles. The van der Waals surface area contributed by atoms with Crippen molar-refractivity contribution in [2.24, 2.45) is 0 Å². The van der Waals surface area contributed by atoms with Crippen LogP contribution >= 0.6 is 0 Å². The standard InChI is InChI=1S/C16H12N2.C2H6/c1-3-15-13(5-7-17-15)9-11(1)12-2-4-16-14(10-12)6-8-18-16;1-2/h1-10,17-18H;1-2H3. The molecule has 0 aliphatic rings. The normalized spacial score (nSPS) is 10.5. The van der Waals surface area contributed by atoms with E-state index in [2.05, 4.69) is 58.5 Å². The van der Waals surface area contributed by atoms with Crippen LogP contribution in [0.1, 0.15) is 13.8 Å². The molecule has 20 heavy (non-hydrogen) atoms. The molecular weight excluding hydrogens is 244 g/mol. The second kappa shape index (κ2) is 5.25. The monoisotopic (exact) mass is 262 g/mol. The topological polar surface area (TPSA) is 31.6 Å². The Hall–Kier alpha value is -2.48. The van der Waals surface area contributed by atoms with E-state index >= 15 is 0 Å². The second-order valence-corrected chi connectivity index (χ2v) is 4.56. The van der Waals surface area contributed by atoms with Gasteiger partial charge in [0.25, 0.3) is 0 Å². The first-order valence-corrected chi connectivity index (χ1v) is 7.05. The number of aromatic nitrogens is 2. The van der Waals surface area contributed by atoms with E-state index < -0.39 is 0 Å². The molecule has 2 aromatic carbocycles. The van der Waals surface area contributed by atoms with Crippen LogP contribution < -0.4 is 0 Å². The maximum Gasteiger partial charge on any atom is 0.0454 e. The Morgan fingerprint density at radius 1 is 0.600 bits per heavy atom. The van der Waals surface area contributed by atoms with E-state index in [4.69, 9.17) is 0 Å². The number of fused-ring (bicyclic) bond motifs is 2. The fourth-order valence-electron chi connectivity index (χ4n) is 2.47. The Balaban J connectivity index is 0.000000581. The van der Waals surface area contributed by atoms with Gasteiger partial charge in [-0.15, -0.1) is 0 Å². The van der Waals surface area contributed by atoms with Gasteiger partial charge in [-0.05, 0) is 58.3 Å². The van der Waals surface area contributed by atoms with Crippen molar-refractivity contribution in [2.45, 2.75) is 13.8 Å². The molecular formula is C18H18N2. The Labute approximate surface area is 118 Å². The van der Waals surface area contributed by atoms with Crippen LogP contribution in [0.15, 0.2) is 60.9 Å². The maximum absolute atomic E-state index is 3.22. The lowest BCUT2D eigenvalue weighted by Gasteiger charge is -2.02. The first kappa shape index (κ1) is 12.5. The maximum atomic E-state index is 3.22. The smallest absolute Gasteiger partial charge is 0.0454 e. The quantitative estimate of drug-likeness (QED) is 0.464. The van der Waals surface area contributed by atoms with Gasteiger partial charge >= 0.3 is 0 Å². The summed E-state index contributed by atoms with van der Waals surface area (Å²) in [6.07, 6.45) is 3.95. The molecule has 0 saturated carbocycles. The largest absolute Gasteiger partial charge is 0.361 e. The lowest BCUT2D eigenvalue weighted by Crippen LogP contribution is -1.78. The zero-order valence-electron chi connectivity index (χ0n) is 11.8. The molecule has 2 nitrogen and oxygen atoms in total. The summed E-state index contributed by atoms with van der Waals surface area (Å²) in [5.74, 6) is 0. The highest BCUT2D eigenvalue weighted by Crippen LogP contribution is 2.26. The minimum atomic E-state index is 1.18. The molecule has 0 spiro atoms. The van der Waals surface area contributed by atoms with Gasteiger partial charge in [-0.3, -0.25) is 0 Å². The Bertz CT molecular complexity index is 765. The molecule has 4 rings (SSSR count). The number of H-pyrrole nitrogens is 2. The second-order valence-electron chi connectivity index (χ2n) is 4.56. The first-order valence-electron chi connectivity index (χ1n) is 7.05. The average Bonchev–Trinajstić information content (AvgIpc) is 3.16. The molecule has 0 fully saturated rings. The van der Waals surface area contributed by atoms with Crippen LogP contribution in [0.2, 0.25) is 0 Å². The van der Waals surface area contributed by atoms with E-state index in [0.717, 1.165) is 0 Å². The summed E-state index contributed by atoms with van der Waals surface area (Å²) < 4.78 is 0. The molecule has 0 unspecified atom stereocenters. The summed E-state index contributed by atoms with van der Waals surface area (Å²) in [4.78, 5) is 6.44. The number of hydrogen-bond acceptors (Lipinski definition) is 0. The van der Waals surface area contributed by atoms with Gasteiger partial charge in [-0.25, -0.2) is 0 Å². The van der Waals surface area contributed by atoms with Gasteiger partial charge in [0.1, 0.15) is 0 Å². The Morgan fingerprint density at radius 2 is 1.05 bits per heavy atom. The highest BCUT2D eigenvalue weighted by atomic mass is 14.7. The summed E-state index contributed by atoms with van der Waals surface area (Å²) in [6.45, 7) is 4.00. The van der Waals surface area contributed by atoms with Crippen molar-refractivity contribution in [1.82, 2.24) is 9.97 Å². The van der Waals surface area contributed by atoms with Crippen molar-refractivity contribution in [1.29, 1.82) is 0 Å². The molecule has 0 amide bonds. The highest BCUT2D eigenvalue weighted by molar-refractivity contribution is 5.89. The van der Waals surface area contributed by atoms with Crippen molar-refractivity contribution in [3.63, 3.8) is 0 Å². The van der Waals surface area contributed by atoms with Crippen LogP contribution in [-0.2, 0) is 0 Å². The van der Waals surface area contributed by atoms with Gasteiger partial charge in [-0.2, -0.15) is 0 Å². The number of hydrogen-bond donors (Lipinski definition) is 2. The van der Waals surface area contributed by atoms with E-state index in [-0.39, 0.29) is 0 Å². The predicted octanol–water partition coefficient (Wildman–Crippen LogP) is 5.34. The minimum Gasteiger partial charge on any atom is -0.361 e. The van der Waals surface area contributed by atoms with E-state index in [0.29, 0.717) is 0 Å². The molecule has 2 N–H and O–H groups in total. The molecule has 0 saturated heterocycles. The van der Waals surface area contributed by atoms with Gasteiger partial charge in [0, 0.05) is 23.4 Å². The number of aromatic amines is 2. The van der Waals surface area contributed by atoms with Crippen LogP contribution in [0, 0.1) is 0 Å². The van der Waals surface area contributed by atoms with Crippen molar-refractivity contribution < 1.29 is 0 Å². The first-order chi connectivity index (χ1) is 9.90. The molecule has 0 bridgehead atoms. The number of benzene rings is 2. The van der Waals surface area contributed by atoms with E-state index in [9.17, 15) is 0 Å². The lowest BCUT2D eigenvalue weighted by molar-refractivity contribution is 1.47. The fraction of sp³-hybridized carbons (Fsp3) is 0.111. The van der Waals surface area contributed by atoms with E-state index in [1.165, 1.54) is 32.9 Å². The van der Waals surface area contributed by atoms with Crippen LogP contribution in [-0.4, -0.2) is 9.97 Å². The van der Waals surface area contributed by atoms with Gasteiger partial charge in [0.05, 0.1) is 0 Å². The summed E-state index contributed by atoms with van der Waals surface area (Å²) >= 11 is 0. The van der Waals surface area contributed by atoms with Gasteiger partial charge < -0.3 is 9.97 Å². The summed E-state index contributed by atoms with van der Waals surface area (Å²) in [6, 6.07) is 17.2. The lowest BCUT2D eigenvalue weighted by atomic mass is 10.0. The SMILES string of the molecule is CC.c1cc2cc(-c3ccc4[nH]ccc4c3)ccc2[nH]1. The van der Waals surface area contributed by atoms with Crippen molar-refractivity contribution >= 4 is 21.8 Å². The summed E-state index contributed by atoms with van der Waals surface area (Å²) in [7, 11) is 0. The molecule has 4 aromatic rings. The van der Waals surface area contributed by atoms with E-state index in [1.54, 1.807) is 0 Å². The van der Waals surface area contributed by atoms with Gasteiger partial charge in [0.15, 0.2) is 0 Å².